The second-order valence-electron chi connectivity index (χ2n) is 5.20. The van der Waals surface area contributed by atoms with Gasteiger partial charge in [-0.3, -0.25) is 4.98 Å². The Hall–Kier alpha value is -2.58. The van der Waals surface area contributed by atoms with E-state index in [1.165, 1.54) is 0 Å². The van der Waals surface area contributed by atoms with Crippen LogP contribution in [-0.4, -0.2) is 30.1 Å². The lowest BCUT2D eigenvalue weighted by molar-refractivity contribution is 0.502. The summed E-state index contributed by atoms with van der Waals surface area (Å²) >= 11 is 0. The highest BCUT2D eigenvalue weighted by Crippen LogP contribution is 2.16. The predicted molar refractivity (Wildman–Crippen MR) is 87.6 cm³/mol. The highest BCUT2D eigenvalue weighted by atomic mass is 32.2. The number of hydrogen-bond donors (Lipinski definition) is 1. The lowest BCUT2D eigenvalue weighted by atomic mass is 10.2. The third kappa shape index (κ3) is 3.84. The zero-order valence-corrected chi connectivity index (χ0v) is 13.8. The largest absolute Gasteiger partial charge is 0.421 e. The molecule has 0 atom stereocenters. The normalized spacial score (nSPS) is 11.5. The van der Waals surface area contributed by atoms with E-state index in [9.17, 15) is 8.42 Å². The van der Waals surface area contributed by atoms with Gasteiger partial charge in [0.05, 0.1) is 4.90 Å². The summed E-state index contributed by atoms with van der Waals surface area (Å²) in [6, 6.07) is 10.2. The van der Waals surface area contributed by atoms with Crippen LogP contribution in [0.4, 0.5) is 0 Å². The van der Waals surface area contributed by atoms with E-state index in [4.69, 9.17) is 4.42 Å². The Balaban J connectivity index is 1.60. The van der Waals surface area contributed by atoms with E-state index in [-0.39, 0.29) is 11.4 Å². The smallest absolute Gasteiger partial charge is 0.247 e. The fourth-order valence-corrected chi connectivity index (χ4v) is 3.09. The Morgan fingerprint density at radius 2 is 1.75 bits per heavy atom. The molecule has 24 heavy (non-hydrogen) atoms. The molecule has 0 fully saturated rings. The number of rotatable bonds is 6. The molecule has 0 saturated carbocycles. The molecule has 0 unspecified atom stereocenters. The third-order valence-electron chi connectivity index (χ3n) is 3.36. The van der Waals surface area contributed by atoms with Crippen molar-refractivity contribution in [2.45, 2.75) is 18.2 Å². The van der Waals surface area contributed by atoms with Crippen LogP contribution in [0.5, 0.6) is 0 Å². The summed E-state index contributed by atoms with van der Waals surface area (Å²) in [5, 5.41) is 7.87. The first-order valence-electron chi connectivity index (χ1n) is 7.34. The van der Waals surface area contributed by atoms with Gasteiger partial charge in [-0.2, -0.15) is 0 Å². The molecule has 3 aromatic rings. The second kappa shape index (κ2) is 6.90. The van der Waals surface area contributed by atoms with E-state index < -0.39 is 10.0 Å². The van der Waals surface area contributed by atoms with Crippen molar-refractivity contribution in [1.29, 1.82) is 0 Å². The minimum absolute atomic E-state index is 0.175. The SMILES string of the molecule is Cc1ccc(S(=O)(=O)NCCc2nnc(-c3ccncc3)o2)cc1. The van der Waals surface area contributed by atoms with Gasteiger partial charge in [-0.25, -0.2) is 13.1 Å². The van der Waals surface area contributed by atoms with E-state index in [1.54, 1.807) is 48.8 Å². The number of pyridine rings is 1. The molecular formula is C16H16N4O3S. The summed E-state index contributed by atoms with van der Waals surface area (Å²) in [5.74, 6) is 0.752. The Morgan fingerprint density at radius 3 is 2.46 bits per heavy atom. The van der Waals surface area contributed by atoms with E-state index in [0.29, 0.717) is 18.2 Å². The van der Waals surface area contributed by atoms with Crippen LogP contribution in [-0.2, 0) is 16.4 Å². The Morgan fingerprint density at radius 1 is 1.04 bits per heavy atom. The summed E-state index contributed by atoms with van der Waals surface area (Å²) in [6.07, 6.45) is 3.58. The number of aryl methyl sites for hydroxylation is 1. The van der Waals surface area contributed by atoms with Gasteiger partial charge in [0, 0.05) is 30.9 Å². The molecule has 0 radical (unpaired) electrons. The van der Waals surface area contributed by atoms with Gasteiger partial charge in [-0.05, 0) is 31.2 Å². The molecule has 2 aromatic heterocycles. The van der Waals surface area contributed by atoms with Crippen LogP contribution in [0.1, 0.15) is 11.5 Å². The lowest BCUT2D eigenvalue weighted by Gasteiger charge is -2.05. The average molecular weight is 344 g/mol. The van der Waals surface area contributed by atoms with Gasteiger partial charge in [-0.15, -0.1) is 10.2 Å². The van der Waals surface area contributed by atoms with Gasteiger partial charge >= 0.3 is 0 Å². The summed E-state index contributed by atoms with van der Waals surface area (Å²) in [6.45, 7) is 2.08. The molecular weight excluding hydrogens is 328 g/mol. The quantitative estimate of drug-likeness (QED) is 0.734. The van der Waals surface area contributed by atoms with Crippen molar-refractivity contribution >= 4 is 10.0 Å². The molecule has 0 aliphatic heterocycles. The molecule has 1 N–H and O–H groups in total. The van der Waals surface area contributed by atoms with Crippen LogP contribution in [0.25, 0.3) is 11.5 Å². The molecule has 124 valence electrons. The first-order valence-corrected chi connectivity index (χ1v) is 8.82. The Labute approximate surface area is 139 Å². The van der Waals surface area contributed by atoms with Crippen LogP contribution in [0.2, 0.25) is 0 Å². The maximum absolute atomic E-state index is 12.2. The Kier molecular flexibility index (Phi) is 4.68. The summed E-state index contributed by atoms with van der Waals surface area (Å²) in [7, 11) is -3.54. The zero-order valence-electron chi connectivity index (χ0n) is 13.0. The number of sulfonamides is 1. The minimum Gasteiger partial charge on any atom is -0.421 e. The van der Waals surface area contributed by atoms with Crippen molar-refractivity contribution < 1.29 is 12.8 Å². The number of benzene rings is 1. The number of nitrogens with zero attached hydrogens (tertiary/aromatic N) is 3. The van der Waals surface area contributed by atoms with Crippen molar-refractivity contribution in [1.82, 2.24) is 19.9 Å². The van der Waals surface area contributed by atoms with Gasteiger partial charge in [0.2, 0.25) is 21.8 Å². The van der Waals surface area contributed by atoms with Crippen molar-refractivity contribution in [3.63, 3.8) is 0 Å². The first-order chi connectivity index (χ1) is 11.5. The van der Waals surface area contributed by atoms with Gasteiger partial charge in [0.1, 0.15) is 0 Å². The van der Waals surface area contributed by atoms with E-state index in [2.05, 4.69) is 19.9 Å². The van der Waals surface area contributed by atoms with Gasteiger partial charge in [0.25, 0.3) is 0 Å². The van der Waals surface area contributed by atoms with Crippen LogP contribution in [0.3, 0.4) is 0 Å². The molecule has 0 saturated heterocycles. The van der Waals surface area contributed by atoms with Crippen molar-refractivity contribution in [3.8, 4) is 11.5 Å². The molecule has 2 heterocycles. The summed E-state index contributed by atoms with van der Waals surface area (Å²) in [5.41, 5.74) is 1.77. The van der Waals surface area contributed by atoms with E-state index in [0.717, 1.165) is 11.1 Å². The topological polar surface area (TPSA) is 98.0 Å². The molecule has 8 heteroatoms. The lowest BCUT2D eigenvalue weighted by Crippen LogP contribution is -2.26. The molecule has 7 nitrogen and oxygen atoms in total. The van der Waals surface area contributed by atoms with Crippen molar-refractivity contribution in [2.24, 2.45) is 0 Å². The fraction of sp³-hybridized carbons (Fsp3) is 0.188. The maximum Gasteiger partial charge on any atom is 0.247 e. The monoisotopic (exact) mass is 344 g/mol. The van der Waals surface area contributed by atoms with Gasteiger partial charge in [-0.1, -0.05) is 17.7 Å². The molecule has 0 bridgehead atoms. The molecule has 1 aromatic carbocycles. The molecule has 0 aliphatic rings. The molecule has 0 spiro atoms. The standard InChI is InChI=1S/C16H16N4O3S/c1-12-2-4-14(5-3-12)24(21,22)18-11-8-15-19-20-16(23-15)13-6-9-17-10-7-13/h2-7,9-10,18H,8,11H2,1H3. The van der Waals surface area contributed by atoms with Crippen LogP contribution >= 0.6 is 0 Å². The average Bonchev–Trinajstić information content (AvgIpc) is 3.05. The molecule has 0 amide bonds. The summed E-state index contributed by atoms with van der Waals surface area (Å²) in [4.78, 5) is 4.15. The predicted octanol–water partition coefficient (Wildman–Crippen LogP) is 1.96. The van der Waals surface area contributed by atoms with Gasteiger partial charge in [0.15, 0.2) is 0 Å². The highest BCUT2D eigenvalue weighted by Gasteiger charge is 2.14. The number of nitrogens with one attached hydrogen (secondary N) is 1. The zero-order chi connectivity index (χ0) is 17.0. The van der Waals surface area contributed by atoms with Crippen LogP contribution in [0, 0.1) is 6.92 Å². The Bertz CT molecular complexity index is 906. The maximum atomic E-state index is 12.2. The molecule has 3 rings (SSSR count). The van der Waals surface area contributed by atoms with E-state index >= 15 is 0 Å². The molecule has 0 aliphatic carbocycles. The second-order valence-corrected chi connectivity index (χ2v) is 6.96. The van der Waals surface area contributed by atoms with Crippen LogP contribution < -0.4 is 4.72 Å². The number of hydrogen-bond acceptors (Lipinski definition) is 6. The van der Waals surface area contributed by atoms with Crippen molar-refractivity contribution in [3.05, 3.63) is 60.2 Å². The summed E-state index contributed by atoms with van der Waals surface area (Å²) < 4.78 is 32.4. The fourth-order valence-electron chi connectivity index (χ4n) is 2.06. The van der Waals surface area contributed by atoms with Crippen molar-refractivity contribution in [2.75, 3.05) is 6.54 Å². The first kappa shape index (κ1) is 16.3. The van der Waals surface area contributed by atoms with Crippen LogP contribution in [0.15, 0.2) is 58.1 Å². The highest BCUT2D eigenvalue weighted by molar-refractivity contribution is 7.89. The minimum atomic E-state index is -3.54. The third-order valence-corrected chi connectivity index (χ3v) is 4.83. The van der Waals surface area contributed by atoms with Gasteiger partial charge < -0.3 is 4.42 Å². The number of aromatic nitrogens is 3. The van der Waals surface area contributed by atoms with E-state index in [1.807, 2.05) is 6.92 Å².